The molecule has 4 nitrogen and oxygen atoms in total. The normalized spacial score (nSPS) is 14.3. The average molecular weight is 241 g/mol. The number of carbonyl (C=O) groups excluding carboxylic acids is 1. The molecule has 1 N–H and O–H groups in total. The number of carbonyl (C=O) groups is 1. The van der Waals surface area contributed by atoms with Gasteiger partial charge in [0.2, 0.25) is 5.78 Å². The van der Waals surface area contributed by atoms with Crippen LogP contribution in [-0.4, -0.2) is 17.9 Å². The van der Waals surface area contributed by atoms with Crippen LogP contribution in [0.1, 0.15) is 11.3 Å². The maximum atomic E-state index is 12.3. The highest BCUT2D eigenvalue weighted by molar-refractivity contribution is 6.02. The molecule has 0 saturated heterocycles. The van der Waals surface area contributed by atoms with Gasteiger partial charge in [-0.25, -0.2) is 0 Å². The molecule has 0 amide bonds. The van der Waals surface area contributed by atoms with Crippen molar-refractivity contribution in [1.82, 2.24) is 4.98 Å². The molecule has 1 heterocycles. The van der Waals surface area contributed by atoms with Gasteiger partial charge in [0.1, 0.15) is 0 Å². The molecule has 1 aliphatic carbocycles. The minimum Gasteiger partial charge on any atom is -0.493 e. The zero-order valence-electron chi connectivity index (χ0n) is 9.82. The largest absolute Gasteiger partial charge is 0.493 e. The maximum absolute atomic E-state index is 12.3. The highest BCUT2D eigenvalue weighted by Crippen LogP contribution is 2.20. The second-order valence-corrected chi connectivity index (χ2v) is 4.20. The number of para-hydroxylation sites is 1. The molecule has 90 valence electrons. The van der Waals surface area contributed by atoms with Gasteiger partial charge in [-0.15, -0.1) is 0 Å². The topological polar surface area (TPSA) is 59.2 Å². The Morgan fingerprint density at radius 2 is 2.00 bits per heavy atom. The lowest BCUT2D eigenvalue weighted by Crippen LogP contribution is -2.22. The molecule has 4 heteroatoms. The Balaban J connectivity index is 2.36. The molecule has 0 bridgehead atoms. The first-order valence-corrected chi connectivity index (χ1v) is 5.63. The third-order valence-electron chi connectivity index (χ3n) is 3.15. The van der Waals surface area contributed by atoms with E-state index in [0.29, 0.717) is 16.6 Å². The Labute approximate surface area is 103 Å². The molecular weight excluding hydrogens is 230 g/mol. The van der Waals surface area contributed by atoms with Gasteiger partial charge in [-0.3, -0.25) is 9.59 Å². The minimum atomic E-state index is -0.161. The molecule has 1 aromatic carbocycles. The summed E-state index contributed by atoms with van der Waals surface area (Å²) in [7, 11) is 1.45. The van der Waals surface area contributed by atoms with E-state index in [1.807, 2.05) is 18.2 Å². The van der Waals surface area contributed by atoms with Crippen molar-refractivity contribution in [3.05, 3.63) is 51.5 Å². The number of methoxy groups -OCH3 is 1. The first-order valence-electron chi connectivity index (χ1n) is 5.63. The van der Waals surface area contributed by atoms with Crippen molar-refractivity contribution in [2.45, 2.75) is 6.42 Å². The second-order valence-electron chi connectivity index (χ2n) is 4.20. The summed E-state index contributed by atoms with van der Waals surface area (Å²) in [6, 6.07) is 7.27. The van der Waals surface area contributed by atoms with Crippen LogP contribution >= 0.6 is 0 Å². The van der Waals surface area contributed by atoms with Crippen LogP contribution in [0.25, 0.3) is 17.0 Å². The van der Waals surface area contributed by atoms with E-state index in [1.165, 1.54) is 7.11 Å². The number of aromatic nitrogens is 1. The van der Waals surface area contributed by atoms with Gasteiger partial charge in [0.25, 0.3) is 0 Å². The van der Waals surface area contributed by atoms with E-state index in [-0.39, 0.29) is 23.4 Å². The molecule has 0 saturated carbocycles. The van der Waals surface area contributed by atoms with E-state index in [4.69, 9.17) is 4.74 Å². The average Bonchev–Trinajstić information content (AvgIpc) is 2.39. The van der Waals surface area contributed by atoms with Crippen molar-refractivity contribution in [2.75, 3.05) is 7.11 Å². The van der Waals surface area contributed by atoms with Gasteiger partial charge in [-0.1, -0.05) is 12.1 Å². The summed E-state index contributed by atoms with van der Waals surface area (Å²) in [5.41, 5.74) is 1.86. The number of H-pyrrole nitrogens is 1. The van der Waals surface area contributed by atoms with Crippen LogP contribution in [0.3, 0.4) is 0 Å². The van der Waals surface area contributed by atoms with Crippen molar-refractivity contribution in [3.63, 3.8) is 0 Å². The molecular formula is C14H11NO3. The summed E-state index contributed by atoms with van der Waals surface area (Å²) in [6.45, 7) is 0. The van der Waals surface area contributed by atoms with E-state index in [9.17, 15) is 9.59 Å². The maximum Gasteiger partial charge on any atom is 0.201 e. The number of Topliss-reactive ketones (excluding diaryl/α,β-unsaturated/α-hetero) is 1. The SMILES string of the molecule is COC1=Cc2[nH]c3ccccc3c(=O)c2CC1=O. The Kier molecular flexibility index (Phi) is 2.30. The Morgan fingerprint density at radius 3 is 2.78 bits per heavy atom. The molecule has 1 aliphatic rings. The standard InChI is InChI=1S/C14H11NO3/c1-18-13-7-11-9(6-12(13)16)14(17)8-4-2-3-5-10(8)15-11/h2-5,7H,6H2,1H3,(H,15,17). The van der Waals surface area contributed by atoms with E-state index in [0.717, 1.165) is 5.52 Å². The van der Waals surface area contributed by atoms with Gasteiger partial charge in [-0.2, -0.15) is 0 Å². The number of pyridine rings is 1. The fourth-order valence-electron chi connectivity index (χ4n) is 2.23. The van der Waals surface area contributed by atoms with Crippen LogP contribution in [-0.2, 0) is 16.0 Å². The van der Waals surface area contributed by atoms with Gasteiger partial charge in [0.05, 0.1) is 7.11 Å². The van der Waals surface area contributed by atoms with Crippen LogP contribution < -0.4 is 5.43 Å². The Morgan fingerprint density at radius 1 is 1.22 bits per heavy atom. The van der Waals surface area contributed by atoms with Crippen molar-refractivity contribution >= 4 is 22.8 Å². The van der Waals surface area contributed by atoms with Crippen molar-refractivity contribution in [2.24, 2.45) is 0 Å². The number of rotatable bonds is 1. The van der Waals surface area contributed by atoms with Crippen LogP contribution in [0.4, 0.5) is 0 Å². The monoisotopic (exact) mass is 241 g/mol. The van der Waals surface area contributed by atoms with Gasteiger partial charge in [0.15, 0.2) is 11.2 Å². The summed E-state index contributed by atoms with van der Waals surface area (Å²) >= 11 is 0. The Hall–Kier alpha value is -2.36. The van der Waals surface area contributed by atoms with Crippen molar-refractivity contribution in [3.8, 4) is 0 Å². The molecule has 0 spiro atoms. The van der Waals surface area contributed by atoms with Crippen LogP contribution in [0.5, 0.6) is 0 Å². The molecule has 18 heavy (non-hydrogen) atoms. The summed E-state index contributed by atoms with van der Waals surface area (Å²) in [4.78, 5) is 27.2. The minimum absolute atomic E-state index is 0.0842. The molecule has 0 atom stereocenters. The number of aromatic amines is 1. The number of benzene rings is 1. The quantitative estimate of drug-likeness (QED) is 0.825. The summed E-state index contributed by atoms with van der Waals surface area (Å²) in [5, 5.41) is 0.610. The lowest BCUT2D eigenvalue weighted by molar-refractivity contribution is -0.117. The number of ether oxygens (including phenoxy) is 1. The molecule has 2 aromatic rings. The first kappa shape index (κ1) is 10.8. The van der Waals surface area contributed by atoms with E-state index in [2.05, 4.69) is 4.98 Å². The number of hydrogen-bond donors (Lipinski definition) is 1. The summed E-state index contributed by atoms with van der Waals surface area (Å²) < 4.78 is 5.00. The second kappa shape index (κ2) is 3.84. The van der Waals surface area contributed by atoms with Crippen molar-refractivity contribution in [1.29, 1.82) is 0 Å². The zero-order valence-corrected chi connectivity index (χ0v) is 9.82. The van der Waals surface area contributed by atoms with E-state index in [1.54, 1.807) is 12.1 Å². The van der Waals surface area contributed by atoms with Crippen LogP contribution in [0.2, 0.25) is 0 Å². The summed E-state index contributed by atoms with van der Waals surface area (Å²) in [6.07, 6.45) is 1.68. The molecule has 3 rings (SSSR count). The number of allylic oxidation sites excluding steroid dienone is 1. The van der Waals surface area contributed by atoms with Gasteiger partial charge in [-0.05, 0) is 12.1 Å². The van der Waals surface area contributed by atoms with Crippen LogP contribution in [0.15, 0.2) is 34.8 Å². The predicted octanol–water partition coefficient (Wildman–Crippen LogP) is 1.64. The number of fused-ring (bicyclic) bond motifs is 2. The van der Waals surface area contributed by atoms with Gasteiger partial charge in [0, 0.05) is 34.7 Å². The first-order chi connectivity index (χ1) is 8.70. The fraction of sp³-hybridized carbons (Fsp3) is 0.143. The zero-order chi connectivity index (χ0) is 12.7. The highest BCUT2D eigenvalue weighted by Gasteiger charge is 2.22. The third-order valence-corrected chi connectivity index (χ3v) is 3.15. The molecule has 0 aliphatic heterocycles. The lowest BCUT2D eigenvalue weighted by atomic mass is 9.97. The summed E-state index contributed by atoms with van der Waals surface area (Å²) in [5.74, 6) is 0.124. The highest BCUT2D eigenvalue weighted by atomic mass is 16.5. The number of nitrogens with one attached hydrogen (secondary N) is 1. The van der Waals surface area contributed by atoms with Gasteiger partial charge >= 0.3 is 0 Å². The van der Waals surface area contributed by atoms with E-state index < -0.39 is 0 Å². The van der Waals surface area contributed by atoms with Crippen molar-refractivity contribution < 1.29 is 9.53 Å². The lowest BCUT2D eigenvalue weighted by Gasteiger charge is -2.14. The number of hydrogen-bond acceptors (Lipinski definition) is 3. The molecule has 0 radical (unpaired) electrons. The molecule has 0 fully saturated rings. The van der Waals surface area contributed by atoms with Gasteiger partial charge < -0.3 is 9.72 Å². The van der Waals surface area contributed by atoms with Crippen LogP contribution in [0, 0.1) is 0 Å². The molecule has 0 unspecified atom stereocenters. The predicted molar refractivity (Wildman–Crippen MR) is 68.3 cm³/mol. The molecule has 1 aromatic heterocycles. The Bertz CT molecular complexity index is 740. The van der Waals surface area contributed by atoms with E-state index >= 15 is 0 Å². The fourth-order valence-corrected chi connectivity index (χ4v) is 2.23. The smallest absolute Gasteiger partial charge is 0.201 e. The third kappa shape index (κ3) is 1.46. The number of ketones is 1.